The lowest BCUT2D eigenvalue weighted by Gasteiger charge is -2.11. The second-order valence-corrected chi connectivity index (χ2v) is 6.23. The minimum Gasteiger partial charge on any atom is -0.379 e. The van der Waals surface area contributed by atoms with Crippen LogP contribution in [0.3, 0.4) is 0 Å². The Kier molecular flexibility index (Phi) is 4.31. The molecule has 1 aromatic carbocycles. The molecule has 0 fully saturated rings. The van der Waals surface area contributed by atoms with E-state index in [-0.39, 0.29) is 5.56 Å². The lowest BCUT2D eigenvalue weighted by molar-refractivity contribution is 0.140. The lowest BCUT2D eigenvalue weighted by Crippen LogP contribution is -2.24. The van der Waals surface area contributed by atoms with Crippen LogP contribution in [0, 0.1) is 0 Å². The number of hydrogen-bond donors (Lipinski definition) is 0. The predicted octanol–water partition coefficient (Wildman–Crippen LogP) is 2.03. The van der Waals surface area contributed by atoms with Crippen molar-refractivity contribution >= 4 is 10.8 Å². The smallest absolute Gasteiger partial charge is 0.274 e. The second kappa shape index (κ2) is 6.76. The van der Waals surface area contributed by atoms with Gasteiger partial charge in [0.25, 0.3) is 5.56 Å². The molecule has 3 aromatic rings. The third-order valence-electron chi connectivity index (χ3n) is 4.56. The maximum absolute atomic E-state index is 12.7. The normalized spacial score (nSPS) is 14.4. The number of unbranched alkanes of at least 4 members (excludes halogenated alkanes) is 1. The summed E-state index contributed by atoms with van der Waals surface area (Å²) in [6.07, 6.45) is 2.66. The SMILES string of the molecule is CCCCn1nc(-c2nnc3n2CCOCC3)c2ccccc2c1=O. The molecule has 7 nitrogen and oxygen atoms in total. The molecule has 0 radical (unpaired) electrons. The fourth-order valence-electron chi connectivity index (χ4n) is 3.21. The number of aryl methyl sites for hydroxylation is 1. The molecule has 0 N–H and O–H groups in total. The van der Waals surface area contributed by atoms with Crippen LogP contribution in [0.2, 0.25) is 0 Å². The number of nitrogens with zero attached hydrogens (tertiary/aromatic N) is 5. The number of benzene rings is 1. The Morgan fingerprint density at radius 3 is 2.84 bits per heavy atom. The molecule has 1 aliphatic heterocycles. The Balaban J connectivity index is 1.94. The zero-order valence-corrected chi connectivity index (χ0v) is 14.3. The molecule has 0 spiro atoms. The molecule has 25 heavy (non-hydrogen) atoms. The quantitative estimate of drug-likeness (QED) is 0.727. The zero-order chi connectivity index (χ0) is 17.2. The fourth-order valence-corrected chi connectivity index (χ4v) is 3.21. The highest BCUT2D eigenvalue weighted by molar-refractivity contribution is 5.92. The van der Waals surface area contributed by atoms with Crippen LogP contribution in [-0.4, -0.2) is 37.8 Å². The van der Waals surface area contributed by atoms with Gasteiger partial charge in [0.15, 0.2) is 5.82 Å². The molecule has 0 unspecified atom stereocenters. The van der Waals surface area contributed by atoms with Crippen LogP contribution in [-0.2, 0) is 24.2 Å². The Morgan fingerprint density at radius 2 is 2.00 bits per heavy atom. The molecule has 0 aliphatic carbocycles. The van der Waals surface area contributed by atoms with Crippen molar-refractivity contribution < 1.29 is 4.74 Å². The van der Waals surface area contributed by atoms with Crippen molar-refractivity contribution in [2.75, 3.05) is 13.2 Å². The zero-order valence-electron chi connectivity index (χ0n) is 14.3. The maximum atomic E-state index is 12.7. The average molecular weight is 339 g/mol. The van der Waals surface area contributed by atoms with Gasteiger partial charge in [-0.2, -0.15) is 5.10 Å². The van der Waals surface area contributed by atoms with Crippen LogP contribution in [0.5, 0.6) is 0 Å². The van der Waals surface area contributed by atoms with Crippen molar-refractivity contribution in [1.82, 2.24) is 24.5 Å². The molecule has 0 saturated carbocycles. The largest absolute Gasteiger partial charge is 0.379 e. The van der Waals surface area contributed by atoms with Gasteiger partial charge in [-0.05, 0) is 12.5 Å². The minimum absolute atomic E-state index is 0.0493. The number of fused-ring (bicyclic) bond motifs is 2. The van der Waals surface area contributed by atoms with Crippen LogP contribution < -0.4 is 5.56 Å². The van der Waals surface area contributed by atoms with E-state index in [9.17, 15) is 4.79 Å². The molecule has 0 amide bonds. The van der Waals surface area contributed by atoms with Crippen molar-refractivity contribution in [3.8, 4) is 11.5 Å². The monoisotopic (exact) mass is 339 g/mol. The number of rotatable bonds is 4. The van der Waals surface area contributed by atoms with Gasteiger partial charge in [-0.25, -0.2) is 4.68 Å². The van der Waals surface area contributed by atoms with E-state index in [2.05, 4.69) is 26.8 Å². The van der Waals surface area contributed by atoms with E-state index in [0.29, 0.717) is 43.2 Å². The average Bonchev–Trinajstić information content (AvgIpc) is 2.89. The summed E-state index contributed by atoms with van der Waals surface area (Å²) in [5, 5.41) is 14.9. The van der Waals surface area contributed by atoms with E-state index < -0.39 is 0 Å². The summed E-state index contributed by atoms with van der Waals surface area (Å²) in [7, 11) is 0. The van der Waals surface area contributed by atoms with Crippen LogP contribution in [0.1, 0.15) is 25.6 Å². The van der Waals surface area contributed by atoms with Gasteiger partial charge < -0.3 is 9.30 Å². The first kappa shape index (κ1) is 16.0. The second-order valence-electron chi connectivity index (χ2n) is 6.23. The molecule has 2 aromatic heterocycles. The Bertz CT molecular complexity index is 960. The molecule has 4 rings (SSSR count). The van der Waals surface area contributed by atoms with E-state index >= 15 is 0 Å². The molecular weight excluding hydrogens is 318 g/mol. The van der Waals surface area contributed by atoms with E-state index in [1.807, 2.05) is 24.3 Å². The minimum atomic E-state index is -0.0493. The molecular formula is C18H21N5O2. The van der Waals surface area contributed by atoms with Crippen molar-refractivity contribution in [2.24, 2.45) is 0 Å². The summed E-state index contributed by atoms with van der Waals surface area (Å²) >= 11 is 0. The van der Waals surface area contributed by atoms with Crippen LogP contribution >= 0.6 is 0 Å². The van der Waals surface area contributed by atoms with Gasteiger partial charge in [0.1, 0.15) is 11.5 Å². The molecule has 1 aliphatic rings. The molecule has 3 heterocycles. The summed E-state index contributed by atoms with van der Waals surface area (Å²) in [6.45, 7) is 4.69. The van der Waals surface area contributed by atoms with Gasteiger partial charge >= 0.3 is 0 Å². The molecule has 7 heteroatoms. The molecule has 0 atom stereocenters. The predicted molar refractivity (Wildman–Crippen MR) is 94.5 cm³/mol. The first-order valence-corrected chi connectivity index (χ1v) is 8.79. The van der Waals surface area contributed by atoms with Gasteiger partial charge in [0, 0.05) is 24.9 Å². The molecule has 0 saturated heterocycles. The fraction of sp³-hybridized carbons (Fsp3) is 0.444. The van der Waals surface area contributed by atoms with E-state index in [1.165, 1.54) is 0 Å². The van der Waals surface area contributed by atoms with Crippen molar-refractivity contribution in [3.05, 3.63) is 40.4 Å². The van der Waals surface area contributed by atoms with E-state index in [1.54, 1.807) is 4.68 Å². The Hall–Kier alpha value is -2.54. The van der Waals surface area contributed by atoms with E-state index in [4.69, 9.17) is 4.74 Å². The van der Waals surface area contributed by atoms with Crippen LogP contribution in [0.4, 0.5) is 0 Å². The highest BCUT2D eigenvalue weighted by Crippen LogP contribution is 2.24. The summed E-state index contributed by atoms with van der Waals surface area (Å²) in [6, 6.07) is 7.59. The molecule has 130 valence electrons. The first-order chi connectivity index (χ1) is 12.3. The lowest BCUT2D eigenvalue weighted by atomic mass is 10.1. The van der Waals surface area contributed by atoms with Crippen LogP contribution in [0.25, 0.3) is 22.3 Å². The topological polar surface area (TPSA) is 74.8 Å². The maximum Gasteiger partial charge on any atom is 0.274 e. The number of aromatic nitrogens is 5. The van der Waals surface area contributed by atoms with Crippen molar-refractivity contribution in [2.45, 2.75) is 39.3 Å². The summed E-state index contributed by atoms with van der Waals surface area (Å²) in [4.78, 5) is 12.7. The molecule has 0 bridgehead atoms. The summed E-state index contributed by atoms with van der Waals surface area (Å²) in [5.41, 5.74) is 0.665. The van der Waals surface area contributed by atoms with Crippen LogP contribution in [0.15, 0.2) is 29.1 Å². The van der Waals surface area contributed by atoms with E-state index in [0.717, 1.165) is 30.5 Å². The third-order valence-corrected chi connectivity index (χ3v) is 4.56. The standard InChI is InChI=1S/C18H21N5O2/c1-2-3-9-23-18(24)14-7-5-4-6-13(14)16(21-23)17-20-19-15-8-11-25-12-10-22(15)17/h4-7H,2-3,8-12H2,1H3. The highest BCUT2D eigenvalue weighted by Gasteiger charge is 2.21. The van der Waals surface area contributed by atoms with Gasteiger partial charge in [0.2, 0.25) is 0 Å². The Morgan fingerprint density at radius 1 is 1.16 bits per heavy atom. The first-order valence-electron chi connectivity index (χ1n) is 8.79. The van der Waals surface area contributed by atoms with Gasteiger partial charge in [-0.1, -0.05) is 31.5 Å². The van der Waals surface area contributed by atoms with Crippen molar-refractivity contribution in [3.63, 3.8) is 0 Å². The number of hydrogen-bond acceptors (Lipinski definition) is 5. The Labute approximate surface area is 145 Å². The highest BCUT2D eigenvalue weighted by atomic mass is 16.5. The van der Waals surface area contributed by atoms with Gasteiger partial charge in [0.05, 0.1) is 18.6 Å². The number of ether oxygens (including phenoxy) is 1. The summed E-state index contributed by atoms with van der Waals surface area (Å²) < 4.78 is 9.18. The van der Waals surface area contributed by atoms with Crippen molar-refractivity contribution in [1.29, 1.82) is 0 Å². The van der Waals surface area contributed by atoms with Gasteiger partial charge in [-0.3, -0.25) is 4.79 Å². The van der Waals surface area contributed by atoms with Gasteiger partial charge in [-0.15, -0.1) is 10.2 Å². The third kappa shape index (κ3) is 2.84. The summed E-state index contributed by atoms with van der Waals surface area (Å²) in [5.74, 6) is 1.62.